The van der Waals surface area contributed by atoms with Crippen molar-refractivity contribution >= 4 is 21.6 Å². The highest BCUT2D eigenvalue weighted by molar-refractivity contribution is 9.10. The lowest BCUT2D eigenvalue weighted by atomic mass is 10.1. The second-order valence-corrected chi connectivity index (χ2v) is 4.07. The van der Waals surface area contributed by atoms with Gasteiger partial charge in [-0.15, -0.1) is 0 Å². The highest BCUT2D eigenvalue weighted by atomic mass is 79.9. The minimum absolute atomic E-state index is 0.180. The molecule has 0 radical (unpaired) electrons. The summed E-state index contributed by atoms with van der Waals surface area (Å²) in [4.78, 5) is 0. The Morgan fingerprint density at radius 3 is 2.92 bits per heavy atom. The van der Waals surface area contributed by atoms with E-state index in [1.807, 2.05) is 12.1 Å². The molecule has 1 aliphatic carbocycles. The number of hydrogen-bond acceptors (Lipinski definition) is 2. The van der Waals surface area contributed by atoms with Gasteiger partial charge in [-0.2, -0.15) is 0 Å². The summed E-state index contributed by atoms with van der Waals surface area (Å²) in [5.41, 5.74) is 14.9. The van der Waals surface area contributed by atoms with Gasteiger partial charge in [0, 0.05) is 16.2 Å². The zero-order valence-electron chi connectivity index (χ0n) is 6.68. The van der Waals surface area contributed by atoms with Crippen LogP contribution in [0, 0.1) is 0 Å². The van der Waals surface area contributed by atoms with Crippen molar-refractivity contribution in [2.75, 3.05) is 5.73 Å². The molecule has 0 unspecified atom stereocenters. The van der Waals surface area contributed by atoms with Gasteiger partial charge in [-0.25, -0.2) is 0 Å². The smallest absolute Gasteiger partial charge is 0.0328 e. The van der Waals surface area contributed by atoms with Gasteiger partial charge in [0.05, 0.1) is 0 Å². The second-order valence-electron chi connectivity index (χ2n) is 3.22. The largest absolute Gasteiger partial charge is 0.399 e. The Morgan fingerprint density at radius 2 is 2.17 bits per heavy atom. The number of halogens is 1. The first-order valence-corrected chi connectivity index (χ1v) is 4.81. The molecule has 2 rings (SSSR count). The van der Waals surface area contributed by atoms with E-state index in [1.165, 1.54) is 11.1 Å². The fraction of sp³-hybridized carbons (Fsp3) is 0.333. The van der Waals surface area contributed by atoms with E-state index in [0.29, 0.717) is 0 Å². The van der Waals surface area contributed by atoms with Gasteiger partial charge in [-0.05, 0) is 36.1 Å². The van der Waals surface area contributed by atoms with Gasteiger partial charge in [0.1, 0.15) is 0 Å². The van der Waals surface area contributed by atoms with E-state index in [-0.39, 0.29) is 6.04 Å². The standard InChI is InChI=1S/C9H11BrN2/c10-8-4-5(11)3-7-6(8)1-2-9(7)12/h3-4,9H,1-2,11-12H2/t9-/m1/s1. The Bertz CT molecular complexity index is 323. The van der Waals surface area contributed by atoms with Gasteiger partial charge in [0.2, 0.25) is 0 Å². The molecule has 0 bridgehead atoms. The van der Waals surface area contributed by atoms with Gasteiger partial charge >= 0.3 is 0 Å². The first-order chi connectivity index (χ1) is 5.68. The number of nitrogens with two attached hydrogens (primary N) is 2. The lowest BCUT2D eigenvalue weighted by molar-refractivity contribution is 0.713. The summed E-state index contributed by atoms with van der Waals surface area (Å²) >= 11 is 3.49. The van der Waals surface area contributed by atoms with E-state index in [2.05, 4.69) is 15.9 Å². The zero-order valence-corrected chi connectivity index (χ0v) is 8.26. The Morgan fingerprint density at radius 1 is 1.42 bits per heavy atom. The molecular formula is C9H11BrN2. The second kappa shape index (κ2) is 2.75. The van der Waals surface area contributed by atoms with Crippen LogP contribution in [0.25, 0.3) is 0 Å². The van der Waals surface area contributed by atoms with Crippen LogP contribution < -0.4 is 11.5 Å². The summed E-state index contributed by atoms with van der Waals surface area (Å²) in [6.45, 7) is 0. The molecule has 0 saturated carbocycles. The van der Waals surface area contributed by atoms with Crippen molar-refractivity contribution in [1.82, 2.24) is 0 Å². The number of rotatable bonds is 0. The van der Waals surface area contributed by atoms with Gasteiger partial charge in [0.25, 0.3) is 0 Å². The van der Waals surface area contributed by atoms with Crippen LogP contribution in [0.3, 0.4) is 0 Å². The van der Waals surface area contributed by atoms with Crippen LogP contribution in [0.1, 0.15) is 23.6 Å². The van der Waals surface area contributed by atoms with Gasteiger partial charge in [-0.3, -0.25) is 0 Å². The van der Waals surface area contributed by atoms with Crippen molar-refractivity contribution in [3.05, 3.63) is 27.7 Å². The number of hydrogen-bond donors (Lipinski definition) is 2. The van der Waals surface area contributed by atoms with Crippen LogP contribution in [0.15, 0.2) is 16.6 Å². The van der Waals surface area contributed by atoms with Crippen LogP contribution in [-0.4, -0.2) is 0 Å². The minimum Gasteiger partial charge on any atom is -0.399 e. The third kappa shape index (κ3) is 1.13. The maximum absolute atomic E-state index is 5.91. The fourth-order valence-electron chi connectivity index (χ4n) is 1.73. The van der Waals surface area contributed by atoms with Gasteiger partial charge in [-0.1, -0.05) is 15.9 Å². The Kier molecular flexibility index (Phi) is 1.85. The van der Waals surface area contributed by atoms with Gasteiger partial charge in [0.15, 0.2) is 0 Å². The van der Waals surface area contributed by atoms with Crippen molar-refractivity contribution in [1.29, 1.82) is 0 Å². The molecule has 0 amide bonds. The number of anilines is 1. The fourth-order valence-corrected chi connectivity index (χ4v) is 2.42. The number of benzene rings is 1. The predicted octanol–water partition coefficient (Wildman–Crippen LogP) is 1.98. The molecule has 4 N–H and O–H groups in total. The van der Waals surface area contributed by atoms with Crippen LogP contribution in [0.2, 0.25) is 0 Å². The van der Waals surface area contributed by atoms with Crippen LogP contribution in [0.5, 0.6) is 0 Å². The summed E-state index contributed by atoms with van der Waals surface area (Å²) in [6.07, 6.45) is 2.11. The predicted molar refractivity (Wildman–Crippen MR) is 53.8 cm³/mol. The van der Waals surface area contributed by atoms with Crippen molar-refractivity contribution in [2.24, 2.45) is 5.73 Å². The van der Waals surface area contributed by atoms with Crippen molar-refractivity contribution in [3.63, 3.8) is 0 Å². The lowest BCUT2D eigenvalue weighted by Crippen LogP contribution is -2.05. The molecule has 0 aromatic heterocycles. The summed E-state index contributed by atoms with van der Waals surface area (Å²) in [5.74, 6) is 0. The number of fused-ring (bicyclic) bond motifs is 1. The van der Waals surface area contributed by atoms with Crippen LogP contribution >= 0.6 is 15.9 Å². The molecule has 0 heterocycles. The molecule has 0 aliphatic heterocycles. The van der Waals surface area contributed by atoms with Crippen molar-refractivity contribution in [3.8, 4) is 0 Å². The van der Waals surface area contributed by atoms with Crippen molar-refractivity contribution in [2.45, 2.75) is 18.9 Å². The maximum Gasteiger partial charge on any atom is 0.0328 e. The molecule has 0 fully saturated rings. The Hall–Kier alpha value is -0.540. The van der Waals surface area contributed by atoms with E-state index in [0.717, 1.165) is 23.0 Å². The summed E-state index contributed by atoms with van der Waals surface area (Å²) < 4.78 is 1.10. The quantitative estimate of drug-likeness (QED) is 0.666. The van der Waals surface area contributed by atoms with Gasteiger partial charge < -0.3 is 11.5 Å². The maximum atomic E-state index is 5.91. The van der Waals surface area contributed by atoms with Crippen LogP contribution in [-0.2, 0) is 6.42 Å². The molecule has 0 saturated heterocycles. The Labute approximate surface area is 80.1 Å². The third-order valence-electron chi connectivity index (χ3n) is 2.36. The highest BCUT2D eigenvalue weighted by Gasteiger charge is 2.21. The van der Waals surface area contributed by atoms with Crippen LogP contribution in [0.4, 0.5) is 5.69 Å². The minimum atomic E-state index is 0.180. The third-order valence-corrected chi connectivity index (χ3v) is 3.06. The van der Waals surface area contributed by atoms with Crippen molar-refractivity contribution < 1.29 is 0 Å². The van der Waals surface area contributed by atoms with E-state index in [4.69, 9.17) is 11.5 Å². The molecular weight excluding hydrogens is 216 g/mol. The topological polar surface area (TPSA) is 52.0 Å². The molecule has 1 aromatic rings. The summed E-state index contributed by atoms with van der Waals surface area (Å²) in [5, 5.41) is 0. The molecule has 1 aliphatic rings. The lowest BCUT2D eigenvalue weighted by Gasteiger charge is -2.06. The number of nitrogen functional groups attached to an aromatic ring is 1. The molecule has 1 aromatic carbocycles. The Balaban J connectivity index is 2.60. The molecule has 64 valence electrons. The average molecular weight is 227 g/mol. The van der Waals surface area contributed by atoms with E-state index in [9.17, 15) is 0 Å². The SMILES string of the molecule is Nc1cc(Br)c2c(c1)[C@H](N)CC2. The monoisotopic (exact) mass is 226 g/mol. The summed E-state index contributed by atoms with van der Waals surface area (Å²) in [6, 6.07) is 4.11. The normalized spacial score (nSPS) is 21.0. The highest BCUT2D eigenvalue weighted by Crippen LogP contribution is 2.35. The first kappa shape index (κ1) is 8.08. The van der Waals surface area contributed by atoms with E-state index < -0.39 is 0 Å². The average Bonchev–Trinajstić information content (AvgIpc) is 2.33. The first-order valence-electron chi connectivity index (χ1n) is 4.02. The molecule has 12 heavy (non-hydrogen) atoms. The molecule has 0 spiro atoms. The molecule has 1 atom stereocenters. The molecule has 3 heteroatoms. The van der Waals surface area contributed by atoms with E-state index in [1.54, 1.807) is 0 Å². The zero-order chi connectivity index (χ0) is 8.72. The molecule has 2 nitrogen and oxygen atoms in total. The van der Waals surface area contributed by atoms with E-state index >= 15 is 0 Å². The summed E-state index contributed by atoms with van der Waals surface area (Å²) in [7, 11) is 0.